The van der Waals surface area contributed by atoms with Crippen molar-refractivity contribution in [2.45, 2.75) is 19.8 Å². The molecule has 3 rings (SSSR count). The van der Waals surface area contributed by atoms with Crippen LogP contribution in [0.2, 0.25) is 0 Å². The lowest BCUT2D eigenvalue weighted by molar-refractivity contribution is 0.160. The minimum absolute atomic E-state index is 0.278. The van der Waals surface area contributed by atoms with Gasteiger partial charge in [-0.15, -0.1) is 0 Å². The van der Waals surface area contributed by atoms with E-state index in [0.717, 1.165) is 31.6 Å². The number of carbonyl (C=O) groups excluding carboxylic acids is 1. The molecule has 0 unspecified atom stereocenters. The molecular formula is C19H24FN5O2. The number of ether oxygens (including phenoxy) is 1. The smallest absolute Gasteiger partial charge is 0.325 e. The second-order valence-corrected chi connectivity index (χ2v) is 6.82. The minimum atomic E-state index is -0.539. The van der Waals surface area contributed by atoms with Gasteiger partial charge in [-0.1, -0.05) is 0 Å². The first-order chi connectivity index (χ1) is 13.0. The lowest BCUT2D eigenvalue weighted by Gasteiger charge is -2.29. The fraction of sp³-hybridized carbons (Fsp3) is 0.421. The third-order valence-electron chi connectivity index (χ3n) is 4.53. The number of anilines is 2. The van der Waals surface area contributed by atoms with Gasteiger partial charge in [-0.25, -0.2) is 14.2 Å². The Morgan fingerprint density at radius 1 is 1.26 bits per heavy atom. The highest BCUT2D eigenvalue weighted by Gasteiger charge is 2.18. The van der Waals surface area contributed by atoms with E-state index in [0.29, 0.717) is 24.1 Å². The normalized spacial score (nSPS) is 15.4. The lowest BCUT2D eigenvalue weighted by Crippen LogP contribution is -2.32. The molecule has 7 nitrogen and oxygen atoms in total. The molecule has 144 valence electrons. The quantitative estimate of drug-likeness (QED) is 0.841. The predicted molar refractivity (Wildman–Crippen MR) is 102 cm³/mol. The van der Waals surface area contributed by atoms with Crippen LogP contribution in [0, 0.1) is 18.7 Å². The highest BCUT2D eigenvalue weighted by atomic mass is 19.1. The Balaban J connectivity index is 1.61. The number of benzene rings is 1. The number of urea groups is 1. The maximum Gasteiger partial charge on any atom is 0.325 e. The number of aromatic nitrogens is 2. The van der Waals surface area contributed by atoms with Gasteiger partial charge in [0.2, 0.25) is 0 Å². The summed E-state index contributed by atoms with van der Waals surface area (Å²) in [6, 6.07) is 3.55. The van der Waals surface area contributed by atoms with Gasteiger partial charge in [-0.2, -0.15) is 0 Å². The zero-order chi connectivity index (χ0) is 19.2. The molecule has 2 amide bonds. The van der Waals surface area contributed by atoms with Crippen molar-refractivity contribution < 1.29 is 13.9 Å². The second kappa shape index (κ2) is 8.77. The van der Waals surface area contributed by atoms with E-state index in [4.69, 9.17) is 4.74 Å². The molecule has 0 radical (unpaired) electrons. The molecule has 0 atom stereocenters. The molecule has 2 N–H and O–H groups in total. The zero-order valence-electron chi connectivity index (χ0n) is 15.5. The van der Waals surface area contributed by atoms with Crippen LogP contribution >= 0.6 is 0 Å². The Kier molecular flexibility index (Phi) is 6.18. The number of nitrogens with one attached hydrogen (secondary N) is 2. The third-order valence-corrected chi connectivity index (χ3v) is 4.53. The molecule has 8 heteroatoms. The van der Waals surface area contributed by atoms with E-state index in [-0.39, 0.29) is 5.69 Å². The van der Waals surface area contributed by atoms with Crippen LogP contribution in [0.15, 0.2) is 30.6 Å². The Bertz CT molecular complexity index is 776. The van der Waals surface area contributed by atoms with E-state index in [1.54, 1.807) is 13.1 Å². The highest BCUT2D eigenvalue weighted by molar-refractivity contribution is 6.00. The van der Waals surface area contributed by atoms with Crippen LogP contribution in [-0.2, 0) is 0 Å². The summed E-state index contributed by atoms with van der Waals surface area (Å²) in [6.07, 6.45) is 5.13. The average Bonchev–Trinajstić information content (AvgIpc) is 2.64. The van der Waals surface area contributed by atoms with Crippen LogP contribution in [0.3, 0.4) is 0 Å². The Hall–Kier alpha value is -2.74. The molecule has 1 aliphatic rings. The van der Waals surface area contributed by atoms with E-state index in [1.807, 2.05) is 0 Å². The fourth-order valence-corrected chi connectivity index (χ4v) is 2.89. The van der Waals surface area contributed by atoms with Gasteiger partial charge in [0.15, 0.2) is 5.82 Å². The molecule has 1 aromatic carbocycles. The van der Waals surface area contributed by atoms with Gasteiger partial charge in [0, 0.05) is 6.07 Å². The Labute approximate surface area is 158 Å². The number of nitrogens with zero attached hydrogens (tertiary/aromatic N) is 3. The Morgan fingerprint density at radius 3 is 2.74 bits per heavy atom. The number of likely N-dealkylation sites (tertiary alicyclic amines) is 1. The van der Waals surface area contributed by atoms with E-state index in [2.05, 4.69) is 32.5 Å². The SMILES string of the molecule is Cc1cnc(NC(=O)Nc2cc(F)ccc2OCC2CCN(C)CC2)cn1. The van der Waals surface area contributed by atoms with Gasteiger partial charge in [0.05, 0.1) is 30.4 Å². The summed E-state index contributed by atoms with van der Waals surface area (Å²) >= 11 is 0. The molecule has 0 saturated carbocycles. The summed E-state index contributed by atoms with van der Waals surface area (Å²) in [5.41, 5.74) is 1.02. The summed E-state index contributed by atoms with van der Waals surface area (Å²) in [5.74, 6) is 0.756. The van der Waals surface area contributed by atoms with Crippen molar-refractivity contribution in [3.8, 4) is 5.75 Å². The molecule has 0 spiro atoms. The van der Waals surface area contributed by atoms with E-state index in [9.17, 15) is 9.18 Å². The van der Waals surface area contributed by atoms with Crippen molar-refractivity contribution >= 4 is 17.5 Å². The van der Waals surface area contributed by atoms with E-state index in [1.165, 1.54) is 24.4 Å². The number of piperidine rings is 1. The Morgan fingerprint density at radius 2 is 2.04 bits per heavy atom. The van der Waals surface area contributed by atoms with Gasteiger partial charge in [0.25, 0.3) is 0 Å². The summed E-state index contributed by atoms with van der Waals surface area (Å²) < 4.78 is 19.5. The maximum atomic E-state index is 13.7. The molecule has 27 heavy (non-hydrogen) atoms. The first kappa shape index (κ1) is 19.0. The lowest BCUT2D eigenvalue weighted by atomic mass is 9.98. The van der Waals surface area contributed by atoms with Gasteiger partial charge in [0.1, 0.15) is 11.6 Å². The fourth-order valence-electron chi connectivity index (χ4n) is 2.89. The van der Waals surface area contributed by atoms with Gasteiger partial charge in [-0.3, -0.25) is 10.3 Å². The molecule has 0 bridgehead atoms. The first-order valence-corrected chi connectivity index (χ1v) is 8.97. The average molecular weight is 373 g/mol. The van der Waals surface area contributed by atoms with Crippen molar-refractivity contribution in [2.24, 2.45) is 5.92 Å². The summed E-state index contributed by atoms with van der Waals surface area (Å²) in [7, 11) is 2.11. The predicted octanol–water partition coefficient (Wildman–Crippen LogP) is 3.29. The molecular weight excluding hydrogens is 349 g/mol. The molecule has 1 saturated heterocycles. The molecule has 1 fully saturated rings. The largest absolute Gasteiger partial charge is 0.491 e. The van der Waals surface area contributed by atoms with Gasteiger partial charge in [-0.05, 0) is 58.0 Å². The topological polar surface area (TPSA) is 79.4 Å². The number of amides is 2. The van der Waals surface area contributed by atoms with Crippen molar-refractivity contribution in [1.29, 1.82) is 0 Å². The highest BCUT2D eigenvalue weighted by Crippen LogP contribution is 2.27. The minimum Gasteiger partial charge on any atom is -0.491 e. The van der Waals surface area contributed by atoms with Gasteiger partial charge < -0.3 is 15.0 Å². The second-order valence-electron chi connectivity index (χ2n) is 6.82. The van der Waals surface area contributed by atoms with E-state index >= 15 is 0 Å². The van der Waals surface area contributed by atoms with Crippen molar-refractivity contribution in [1.82, 2.24) is 14.9 Å². The molecule has 1 aliphatic heterocycles. The van der Waals surface area contributed by atoms with Crippen LogP contribution in [0.1, 0.15) is 18.5 Å². The van der Waals surface area contributed by atoms with Crippen molar-refractivity contribution in [2.75, 3.05) is 37.4 Å². The van der Waals surface area contributed by atoms with E-state index < -0.39 is 11.8 Å². The number of hydrogen-bond acceptors (Lipinski definition) is 5. The number of carbonyl (C=O) groups is 1. The van der Waals surface area contributed by atoms with Crippen molar-refractivity contribution in [3.63, 3.8) is 0 Å². The van der Waals surface area contributed by atoms with Crippen LogP contribution in [0.25, 0.3) is 0 Å². The zero-order valence-corrected chi connectivity index (χ0v) is 15.5. The van der Waals surface area contributed by atoms with Crippen LogP contribution < -0.4 is 15.4 Å². The number of aryl methyl sites for hydroxylation is 1. The first-order valence-electron chi connectivity index (χ1n) is 8.97. The molecule has 2 aromatic rings. The maximum absolute atomic E-state index is 13.7. The number of hydrogen-bond donors (Lipinski definition) is 2. The molecule has 2 heterocycles. The summed E-state index contributed by atoms with van der Waals surface area (Å²) in [6.45, 7) is 4.43. The summed E-state index contributed by atoms with van der Waals surface area (Å²) in [4.78, 5) is 22.6. The van der Waals surface area contributed by atoms with Crippen molar-refractivity contribution in [3.05, 3.63) is 42.1 Å². The monoisotopic (exact) mass is 373 g/mol. The summed E-state index contributed by atoms with van der Waals surface area (Å²) in [5, 5.41) is 5.19. The van der Waals surface area contributed by atoms with Gasteiger partial charge >= 0.3 is 6.03 Å². The van der Waals surface area contributed by atoms with Crippen LogP contribution in [0.4, 0.5) is 20.7 Å². The molecule has 1 aromatic heterocycles. The standard InChI is InChI=1S/C19H24FN5O2/c1-13-10-22-18(11-21-13)24-19(26)23-16-9-15(20)3-4-17(16)27-12-14-5-7-25(2)8-6-14/h3-4,9-11,14H,5-8,12H2,1-2H3,(H2,22,23,24,26). The van der Waals surface area contributed by atoms with Crippen LogP contribution in [0.5, 0.6) is 5.75 Å². The third kappa shape index (κ3) is 5.62. The molecule has 0 aliphatic carbocycles. The number of halogens is 1. The number of rotatable bonds is 5. The van der Waals surface area contributed by atoms with Crippen LogP contribution in [-0.4, -0.2) is 47.6 Å².